The number of aliphatic hydroxyl groups is 1. The molecule has 2 saturated heterocycles. The molecular formula is C27H36N2O5. The first-order valence-electron chi connectivity index (χ1n) is 12.2. The van der Waals surface area contributed by atoms with Crippen molar-refractivity contribution in [1.82, 2.24) is 9.80 Å². The minimum atomic E-state index is -1.19. The fourth-order valence-electron chi connectivity index (χ4n) is 4.61. The number of Topliss-reactive ketones (excluding diaryl/α,β-unsaturated/α-hetero) is 1. The smallest absolute Gasteiger partial charge is 0.196 e. The van der Waals surface area contributed by atoms with Crippen LogP contribution in [0.25, 0.3) is 0 Å². The molecule has 0 spiro atoms. The molecular weight excluding hydrogens is 432 g/mol. The molecule has 4 rings (SSSR count). The van der Waals surface area contributed by atoms with Gasteiger partial charge in [-0.15, -0.1) is 0 Å². The van der Waals surface area contributed by atoms with Crippen LogP contribution in [0.4, 0.5) is 0 Å². The number of ketones is 1. The van der Waals surface area contributed by atoms with E-state index < -0.39 is 6.10 Å². The van der Waals surface area contributed by atoms with E-state index in [4.69, 9.17) is 14.2 Å². The van der Waals surface area contributed by atoms with Gasteiger partial charge in [0.05, 0.1) is 39.1 Å². The summed E-state index contributed by atoms with van der Waals surface area (Å²) in [5.41, 5.74) is 3.01. The van der Waals surface area contributed by atoms with Gasteiger partial charge in [-0.1, -0.05) is 48.5 Å². The quantitative estimate of drug-likeness (QED) is 0.538. The summed E-state index contributed by atoms with van der Waals surface area (Å²) in [7, 11) is 0. The third-order valence-corrected chi connectivity index (χ3v) is 6.71. The Hall–Kier alpha value is -2.13. The monoisotopic (exact) mass is 468 g/mol. The molecule has 0 saturated carbocycles. The molecule has 7 heteroatoms. The van der Waals surface area contributed by atoms with Gasteiger partial charge in [0.15, 0.2) is 5.78 Å². The second kappa shape index (κ2) is 12.5. The van der Waals surface area contributed by atoms with Crippen molar-refractivity contribution in [2.45, 2.75) is 19.1 Å². The maximum absolute atomic E-state index is 13.2. The number of carbonyl (C=O) groups is 1. The van der Waals surface area contributed by atoms with E-state index in [0.29, 0.717) is 17.7 Å². The lowest BCUT2D eigenvalue weighted by Crippen LogP contribution is -2.41. The molecule has 2 aromatic rings. The SMILES string of the molecule is Cc1c(C(=O)C(O)c2ccccc2)cccc1C(CN1CCOCC1)OCCN1CCOCC1. The third kappa shape index (κ3) is 6.50. The van der Waals surface area contributed by atoms with Crippen LogP contribution in [0, 0.1) is 6.92 Å². The molecule has 2 heterocycles. The Labute approximate surface area is 202 Å². The van der Waals surface area contributed by atoms with Crippen molar-refractivity contribution in [3.63, 3.8) is 0 Å². The molecule has 2 aliphatic rings. The molecule has 1 N–H and O–H groups in total. The highest BCUT2D eigenvalue weighted by molar-refractivity contribution is 6.01. The normalized spacial score (nSPS) is 19.6. The van der Waals surface area contributed by atoms with E-state index in [1.54, 1.807) is 18.2 Å². The van der Waals surface area contributed by atoms with Gasteiger partial charge in [0.25, 0.3) is 0 Å². The number of carbonyl (C=O) groups excluding carboxylic acids is 1. The van der Waals surface area contributed by atoms with Crippen LogP contribution in [0.5, 0.6) is 0 Å². The van der Waals surface area contributed by atoms with Gasteiger partial charge in [-0.05, 0) is 23.6 Å². The van der Waals surface area contributed by atoms with Crippen molar-refractivity contribution >= 4 is 5.78 Å². The number of nitrogens with zero attached hydrogens (tertiary/aromatic N) is 2. The van der Waals surface area contributed by atoms with Gasteiger partial charge in [-0.25, -0.2) is 0 Å². The first-order valence-corrected chi connectivity index (χ1v) is 12.2. The number of ether oxygens (including phenoxy) is 3. The van der Waals surface area contributed by atoms with Gasteiger partial charge in [-0.2, -0.15) is 0 Å². The fourth-order valence-corrected chi connectivity index (χ4v) is 4.61. The van der Waals surface area contributed by atoms with E-state index in [0.717, 1.165) is 76.8 Å². The molecule has 0 amide bonds. The molecule has 7 nitrogen and oxygen atoms in total. The summed E-state index contributed by atoms with van der Waals surface area (Å²) in [6.07, 6.45) is -1.35. The largest absolute Gasteiger partial charge is 0.380 e. The zero-order valence-electron chi connectivity index (χ0n) is 20.0. The van der Waals surface area contributed by atoms with Gasteiger partial charge < -0.3 is 19.3 Å². The van der Waals surface area contributed by atoms with Gasteiger partial charge in [0, 0.05) is 44.8 Å². The summed E-state index contributed by atoms with van der Waals surface area (Å²) in [6.45, 7) is 10.7. The lowest BCUT2D eigenvalue weighted by atomic mass is 9.92. The second-order valence-electron chi connectivity index (χ2n) is 8.92. The van der Waals surface area contributed by atoms with Crippen LogP contribution in [0.2, 0.25) is 0 Å². The van der Waals surface area contributed by atoms with Gasteiger partial charge in [-0.3, -0.25) is 14.6 Å². The molecule has 2 aliphatic heterocycles. The maximum atomic E-state index is 13.2. The number of hydrogen-bond donors (Lipinski definition) is 1. The molecule has 0 aliphatic carbocycles. The standard InChI is InChI=1S/C27H36N2O5/c1-21-23(8-5-9-24(21)27(31)26(30)22-6-3-2-4-7-22)25(20-29-12-17-33-18-13-29)34-19-14-28-10-15-32-16-11-28/h2-9,25-26,30H,10-20H2,1H3. The average Bonchev–Trinajstić information content (AvgIpc) is 2.89. The highest BCUT2D eigenvalue weighted by Crippen LogP contribution is 2.28. The summed E-state index contributed by atoms with van der Waals surface area (Å²) in [4.78, 5) is 17.9. The molecule has 2 fully saturated rings. The van der Waals surface area contributed by atoms with Crippen LogP contribution in [0.15, 0.2) is 48.5 Å². The predicted molar refractivity (Wildman–Crippen MR) is 130 cm³/mol. The Kier molecular flexibility index (Phi) is 9.21. The lowest BCUT2D eigenvalue weighted by molar-refractivity contribution is -0.0271. The van der Waals surface area contributed by atoms with Gasteiger partial charge in [0.1, 0.15) is 6.10 Å². The molecule has 0 aromatic heterocycles. The fraction of sp³-hybridized carbons (Fsp3) is 0.519. The highest BCUT2D eigenvalue weighted by atomic mass is 16.5. The topological polar surface area (TPSA) is 71.5 Å². The van der Waals surface area contributed by atoms with E-state index >= 15 is 0 Å². The Morgan fingerprint density at radius 3 is 2.26 bits per heavy atom. The van der Waals surface area contributed by atoms with Gasteiger partial charge in [0.2, 0.25) is 0 Å². The molecule has 2 atom stereocenters. The summed E-state index contributed by atoms with van der Waals surface area (Å²) in [5.74, 6) is -0.288. The van der Waals surface area contributed by atoms with Gasteiger partial charge >= 0.3 is 0 Å². The Morgan fingerprint density at radius 1 is 0.941 bits per heavy atom. The summed E-state index contributed by atoms with van der Waals surface area (Å²) >= 11 is 0. The lowest BCUT2D eigenvalue weighted by Gasteiger charge is -2.32. The van der Waals surface area contributed by atoms with Crippen molar-refractivity contribution in [1.29, 1.82) is 0 Å². The van der Waals surface area contributed by atoms with Crippen LogP contribution in [0.1, 0.15) is 39.3 Å². The van der Waals surface area contributed by atoms with Crippen molar-refractivity contribution in [2.24, 2.45) is 0 Å². The summed E-state index contributed by atoms with van der Waals surface area (Å²) < 4.78 is 17.4. The molecule has 0 bridgehead atoms. The zero-order valence-corrected chi connectivity index (χ0v) is 20.0. The second-order valence-corrected chi connectivity index (χ2v) is 8.92. The van der Waals surface area contributed by atoms with Crippen LogP contribution >= 0.6 is 0 Å². The molecule has 2 unspecified atom stereocenters. The van der Waals surface area contributed by atoms with Crippen LogP contribution in [-0.4, -0.2) is 93.0 Å². The zero-order chi connectivity index (χ0) is 23.8. The predicted octanol–water partition coefficient (Wildman–Crippen LogP) is 2.63. The summed E-state index contributed by atoms with van der Waals surface area (Å²) in [6, 6.07) is 14.8. The number of aliphatic hydroxyl groups excluding tert-OH is 1. The summed E-state index contributed by atoms with van der Waals surface area (Å²) in [5, 5.41) is 10.7. The molecule has 0 radical (unpaired) electrons. The highest BCUT2D eigenvalue weighted by Gasteiger charge is 2.26. The molecule has 2 aromatic carbocycles. The van der Waals surface area contributed by atoms with Crippen LogP contribution in [-0.2, 0) is 14.2 Å². The third-order valence-electron chi connectivity index (χ3n) is 6.71. The van der Waals surface area contributed by atoms with E-state index in [-0.39, 0.29) is 11.9 Å². The van der Waals surface area contributed by atoms with Crippen LogP contribution in [0.3, 0.4) is 0 Å². The number of morpholine rings is 2. The minimum absolute atomic E-state index is 0.166. The van der Waals surface area contributed by atoms with Crippen LogP contribution < -0.4 is 0 Å². The first-order chi connectivity index (χ1) is 16.6. The molecule has 184 valence electrons. The Balaban J connectivity index is 1.51. The average molecular weight is 469 g/mol. The van der Waals surface area contributed by atoms with E-state index in [2.05, 4.69) is 9.80 Å². The van der Waals surface area contributed by atoms with Crippen molar-refractivity contribution in [3.8, 4) is 0 Å². The minimum Gasteiger partial charge on any atom is -0.380 e. The van der Waals surface area contributed by atoms with E-state index in [9.17, 15) is 9.90 Å². The van der Waals surface area contributed by atoms with E-state index in [1.165, 1.54) is 0 Å². The number of benzene rings is 2. The van der Waals surface area contributed by atoms with E-state index in [1.807, 2.05) is 37.3 Å². The van der Waals surface area contributed by atoms with Crippen molar-refractivity contribution < 1.29 is 24.1 Å². The number of rotatable bonds is 10. The maximum Gasteiger partial charge on any atom is 0.196 e. The molecule has 34 heavy (non-hydrogen) atoms. The number of hydrogen-bond acceptors (Lipinski definition) is 7. The first kappa shape index (κ1) is 25.0. The Bertz CT molecular complexity index is 910. The Morgan fingerprint density at radius 2 is 1.59 bits per heavy atom. The van der Waals surface area contributed by atoms with Crippen molar-refractivity contribution in [3.05, 3.63) is 70.8 Å². The van der Waals surface area contributed by atoms with Crippen molar-refractivity contribution in [2.75, 3.05) is 72.3 Å².